The number of hydrogen-bond acceptors (Lipinski definition) is 2. The molecule has 0 amide bonds. The molecule has 1 atom stereocenters. The van der Waals surface area contributed by atoms with Crippen LogP contribution in [0.15, 0.2) is 42.5 Å². The van der Waals surface area contributed by atoms with Crippen LogP contribution in [0.2, 0.25) is 0 Å². The Morgan fingerprint density at radius 2 is 1.77 bits per heavy atom. The van der Waals surface area contributed by atoms with E-state index in [4.69, 9.17) is 0 Å². The zero-order valence-electron chi connectivity index (χ0n) is 13.2. The van der Waals surface area contributed by atoms with E-state index < -0.39 is 10.0 Å². The van der Waals surface area contributed by atoms with E-state index in [1.54, 1.807) is 4.31 Å². The smallest absolute Gasteiger partial charge is 0.232 e. The number of benzene rings is 2. The fourth-order valence-corrected chi connectivity index (χ4v) is 4.42. The first-order valence-electron chi connectivity index (χ1n) is 7.52. The van der Waals surface area contributed by atoms with Gasteiger partial charge in [-0.3, -0.25) is 4.31 Å². The number of aryl methyl sites for hydroxylation is 3. The molecule has 1 aliphatic rings. The van der Waals surface area contributed by atoms with Gasteiger partial charge in [0.2, 0.25) is 10.0 Å². The lowest BCUT2D eigenvalue weighted by atomic mass is 10.1. The maximum absolute atomic E-state index is 12.5. The second-order valence-electron chi connectivity index (χ2n) is 6.08. The number of rotatable bonds is 3. The summed E-state index contributed by atoms with van der Waals surface area (Å²) in [5.41, 5.74) is 5.42. The molecule has 0 spiro atoms. The van der Waals surface area contributed by atoms with Gasteiger partial charge in [-0.05, 0) is 61.1 Å². The van der Waals surface area contributed by atoms with Crippen LogP contribution in [0.1, 0.15) is 34.7 Å². The molecule has 0 fully saturated rings. The highest BCUT2D eigenvalue weighted by molar-refractivity contribution is 7.92. The molecule has 0 heterocycles. The van der Waals surface area contributed by atoms with Gasteiger partial charge in [-0.25, -0.2) is 8.42 Å². The first-order chi connectivity index (χ1) is 10.4. The van der Waals surface area contributed by atoms with Crippen molar-refractivity contribution in [2.75, 3.05) is 10.6 Å². The highest BCUT2D eigenvalue weighted by Crippen LogP contribution is 2.40. The molecular weight excluding hydrogens is 294 g/mol. The second-order valence-corrected chi connectivity index (χ2v) is 7.94. The summed E-state index contributed by atoms with van der Waals surface area (Å²) in [7, 11) is -3.34. The first kappa shape index (κ1) is 15.1. The predicted molar refractivity (Wildman–Crippen MR) is 90.7 cm³/mol. The monoisotopic (exact) mass is 315 g/mol. The molecule has 0 bridgehead atoms. The van der Waals surface area contributed by atoms with Gasteiger partial charge in [-0.2, -0.15) is 0 Å². The third-order valence-electron chi connectivity index (χ3n) is 4.49. The predicted octanol–water partition coefficient (Wildman–Crippen LogP) is 3.76. The van der Waals surface area contributed by atoms with Crippen molar-refractivity contribution in [3.63, 3.8) is 0 Å². The van der Waals surface area contributed by atoms with Crippen molar-refractivity contribution < 1.29 is 8.42 Å². The van der Waals surface area contributed by atoms with Gasteiger partial charge >= 0.3 is 0 Å². The Balaban J connectivity index is 2.11. The van der Waals surface area contributed by atoms with Gasteiger partial charge in [0.15, 0.2) is 0 Å². The molecule has 3 rings (SSSR count). The Bertz CT molecular complexity index is 812. The van der Waals surface area contributed by atoms with Crippen molar-refractivity contribution in [3.05, 3.63) is 64.7 Å². The molecule has 0 aliphatic heterocycles. The molecule has 3 nitrogen and oxygen atoms in total. The van der Waals surface area contributed by atoms with Crippen LogP contribution in [0.4, 0.5) is 5.69 Å². The standard InChI is InChI=1S/C18H21NO2S/c1-13-8-10-16(12-14(13)2)19(22(3,20)21)18-11-9-15-6-4-5-7-17(15)18/h4-8,10,12,18H,9,11H2,1-3H3. The van der Waals surface area contributed by atoms with Gasteiger partial charge in [0.05, 0.1) is 18.0 Å². The fraction of sp³-hybridized carbons (Fsp3) is 0.333. The highest BCUT2D eigenvalue weighted by atomic mass is 32.2. The highest BCUT2D eigenvalue weighted by Gasteiger charge is 2.33. The molecule has 2 aromatic carbocycles. The van der Waals surface area contributed by atoms with E-state index in [9.17, 15) is 8.42 Å². The third kappa shape index (κ3) is 2.63. The maximum Gasteiger partial charge on any atom is 0.232 e. The Morgan fingerprint density at radius 3 is 2.45 bits per heavy atom. The number of sulfonamides is 1. The summed E-state index contributed by atoms with van der Waals surface area (Å²) in [5.74, 6) is 0. The first-order valence-corrected chi connectivity index (χ1v) is 9.37. The summed E-state index contributed by atoms with van der Waals surface area (Å²) in [6.45, 7) is 4.05. The maximum atomic E-state index is 12.5. The van der Waals surface area contributed by atoms with Crippen LogP contribution in [-0.2, 0) is 16.4 Å². The van der Waals surface area contributed by atoms with E-state index in [0.29, 0.717) is 0 Å². The van der Waals surface area contributed by atoms with E-state index in [1.807, 2.05) is 50.2 Å². The summed E-state index contributed by atoms with van der Waals surface area (Å²) in [4.78, 5) is 0. The normalized spacial score (nSPS) is 17.3. The van der Waals surface area contributed by atoms with Crippen LogP contribution in [0.5, 0.6) is 0 Å². The third-order valence-corrected chi connectivity index (χ3v) is 5.67. The summed E-state index contributed by atoms with van der Waals surface area (Å²) >= 11 is 0. The summed E-state index contributed by atoms with van der Waals surface area (Å²) < 4.78 is 26.5. The molecule has 116 valence electrons. The lowest BCUT2D eigenvalue weighted by Crippen LogP contribution is -2.33. The minimum Gasteiger partial charge on any atom is -0.263 e. The molecule has 1 unspecified atom stereocenters. The lowest BCUT2D eigenvalue weighted by Gasteiger charge is -2.30. The van der Waals surface area contributed by atoms with Crippen LogP contribution in [0, 0.1) is 13.8 Å². The molecule has 0 saturated carbocycles. The Labute approximate surface area is 132 Å². The molecular formula is C18H21NO2S. The van der Waals surface area contributed by atoms with Crippen molar-refractivity contribution in [1.82, 2.24) is 0 Å². The van der Waals surface area contributed by atoms with E-state index >= 15 is 0 Å². The summed E-state index contributed by atoms with van der Waals surface area (Å²) in [6.07, 6.45) is 3.06. The molecule has 4 heteroatoms. The average molecular weight is 315 g/mol. The van der Waals surface area contributed by atoms with Crippen LogP contribution < -0.4 is 4.31 Å². The van der Waals surface area contributed by atoms with Crippen molar-refractivity contribution in [2.45, 2.75) is 32.7 Å². The van der Waals surface area contributed by atoms with Crippen LogP contribution in [-0.4, -0.2) is 14.7 Å². The van der Waals surface area contributed by atoms with Crippen molar-refractivity contribution in [2.24, 2.45) is 0 Å². The quantitative estimate of drug-likeness (QED) is 0.865. The fourth-order valence-electron chi connectivity index (χ4n) is 3.24. The molecule has 22 heavy (non-hydrogen) atoms. The summed E-state index contributed by atoms with van der Waals surface area (Å²) in [5, 5.41) is 0. The van der Waals surface area contributed by atoms with Crippen LogP contribution in [0.25, 0.3) is 0 Å². The van der Waals surface area contributed by atoms with E-state index in [1.165, 1.54) is 17.4 Å². The van der Waals surface area contributed by atoms with E-state index in [0.717, 1.165) is 29.7 Å². The molecule has 0 saturated heterocycles. The Morgan fingerprint density at radius 1 is 1.05 bits per heavy atom. The number of hydrogen-bond donors (Lipinski definition) is 0. The number of nitrogens with zero attached hydrogens (tertiary/aromatic N) is 1. The Hall–Kier alpha value is -1.81. The van der Waals surface area contributed by atoms with Gasteiger partial charge in [0.1, 0.15) is 0 Å². The zero-order valence-corrected chi connectivity index (χ0v) is 14.0. The topological polar surface area (TPSA) is 37.4 Å². The van der Waals surface area contributed by atoms with Gasteiger partial charge in [0.25, 0.3) is 0 Å². The zero-order chi connectivity index (χ0) is 15.9. The van der Waals surface area contributed by atoms with Crippen molar-refractivity contribution >= 4 is 15.7 Å². The van der Waals surface area contributed by atoms with Gasteiger partial charge in [0, 0.05) is 0 Å². The minimum atomic E-state index is -3.34. The number of fused-ring (bicyclic) bond motifs is 1. The molecule has 1 aliphatic carbocycles. The molecule has 2 aromatic rings. The number of anilines is 1. The van der Waals surface area contributed by atoms with E-state index in [-0.39, 0.29) is 6.04 Å². The lowest BCUT2D eigenvalue weighted by molar-refractivity contribution is 0.582. The van der Waals surface area contributed by atoms with Crippen molar-refractivity contribution in [3.8, 4) is 0 Å². The van der Waals surface area contributed by atoms with Gasteiger partial charge < -0.3 is 0 Å². The van der Waals surface area contributed by atoms with Gasteiger partial charge in [-0.15, -0.1) is 0 Å². The molecule has 0 N–H and O–H groups in total. The Kier molecular flexibility index (Phi) is 3.73. The SMILES string of the molecule is Cc1ccc(N(C2CCc3ccccc32)S(C)(=O)=O)cc1C. The van der Waals surface area contributed by atoms with Crippen LogP contribution >= 0.6 is 0 Å². The molecule has 0 radical (unpaired) electrons. The largest absolute Gasteiger partial charge is 0.263 e. The minimum absolute atomic E-state index is 0.103. The summed E-state index contributed by atoms with van der Waals surface area (Å²) in [6, 6.07) is 13.9. The van der Waals surface area contributed by atoms with Gasteiger partial charge in [-0.1, -0.05) is 30.3 Å². The van der Waals surface area contributed by atoms with E-state index in [2.05, 4.69) is 6.07 Å². The van der Waals surface area contributed by atoms with Crippen LogP contribution in [0.3, 0.4) is 0 Å². The average Bonchev–Trinajstić information content (AvgIpc) is 2.86. The second kappa shape index (κ2) is 5.43. The van der Waals surface area contributed by atoms with Crippen molar-refractivity contribution in [1.29, 1.82) is 0 Å². The molecule has 0 aromatic heterocycles.